The molecule has 3 atom stereocenters. The van der Waals surface area contributed by atoms with Crippen LogP contribution in [-0.4, -0.2) is 9.97 Å². The Bertz CT molecular complexity index is 495. The van der Waals surface area contributed by atoms with E-state index in [1.165, 1.54) is 36.9 Å². The molecule has 2 aliphatic carbocycles. The van der Waals surface area contributed by atoms with Crippen LogP contribution in [-0.2, 0) is 6.42 Å². The first-order valence-corrected chi connectivity index (χ1v) is 8.06. The van der Waals surface area contributed by atoms with E-state index in [1.807, 2.05) is 6.20 Å². The molecule has 0 spiro atoms. The number of aromatic nitrogens is 2. The molecule has 2 aliphatic rings. The maximum Gasteiger partial charge on any atom is 0.131 e. The van der Waals surface area contributed by atoms with Gasteiger partial charge in [-0.2, -0.15) is 0 Å². The molecule has 20 heavy (non-hydrogen) atoms. The zero-order chi connectivity index (χ0) is 14.3. The van der Waals surface area contributed by atoms with Crippen LogP contribution in [0.1, 0.15) is 81.9 Å². The molecule has 0 saturated heterocycles. The summed E-state index contributed by atoms with van der Waals surface area (Å²) in [7, 11) is 0. The molecule has 0 aliphatic heterocycles. The highest BCUT2D eigenvalue weighted by Gasteiger charge is 2.32. The Labute approximate surface area is 122 Å². The van der Waals surface area contributed by atoms with Gasteiger partial charge in [0.15, 0.2) is 0 Å². The van der Waals surface area contributed by atoms with Crippen LogP contribution < -0.4 is 5.73 Å². The number of hydrogen-bond acceptors (Lipinski definition) is 3. The predicted octanol–water partition coefficient (Wildman–Crippen LogP) is 3.74. The van der Waals surface area contributed by atoms with E-state index >= 15 is 0 Å². The Morgan fingerprint density at radius 3 is 2.85 bits per heavy atom. The lowest BCUT2D eigenvalue weighted by molar-refractivity contribution is 0.275. The molecule has 1 aromatic heterocycles. The molecule has 0 amide bonds. The van der Waals surface area contributed by atoms with Crippen LogP contribution >= 0.6 is 0 Å². The minimum absolute atomic E-state index is 0.105. The van der Waals surface area contributed by atoms with E-state index in [9.17, 15) is 0 Å². The molecule has 1 heterocycles. The van der Waals surface area contributed by atoms with Gasteiger partial charge < -0.3 is 5.73 Å². The van der Waals surface area contributed by atoms with Crippen molar-refractivity contribution >= 4 is 0 Å². The Balaban J connectivity index is 1.89. The van der Waals surface area contributed by atoms with Crippen LogP contribution in [0.25, 0.3) is 0 Å². The molecule has 1 fully saturated rings. The normalized spacial score (nSPS) is 32.7. The number of hydrogen-bond donors (Lipinski definition) is 1. The van der Waals surface area contributed by atoms with Gasteiger partial charge >= 0.3 is 0 Å². The van der Waals surface area contributed by atoms with Crippen molar-refractivity contribution in [3.63, 3.8) is 0 Å². The molecule has 3 unspecified atom stereocenters. The maximum absolute atomic E-state index is 6.29. The van der Waals surface area contributed by atoms with Crippen molar-refractivity contribution in [1.82, 2.24) is 9.97 Å². The molecule has 0 bridgehead atoms. The monoisotopic (exact) mass is 273 g/mol. The van der Waals surface area contributed by atoms with Crippen LogP contribution in [0.5, 0.6) is 0 Å². The fourth-order valence-electron chi connectivity index (χ4n) is 3.99. The van der Waals surface area contributed by atoms with E-state index in [-0.39, 0.29) is 11.5 Å². The van der Waals surface area contributed by atoms with Crippen molar-refractivity contribution in [2.24, 2.45) is 17.1 Å². The summed E-state index contributed by atoms with van der Waals surface area (Å²) < 4.78 is 0. The summed E-state index contributed by atoms with van der Waals surface area (Å²) in [6.07, 6.45) is 9.25. The van der Waals surface area contributed by atoms with Crippen LogP contribution in [0.15, 0.2) is 6.20 Å². The summed E-state index contributed by atoms with van der Waals surface area (Å²) in [5.41, 5.74) is 8.94. The first-order chi connectivity index (χ1) is 9.44. The molecule has 0 aromatic carbocycles. The lowest BCUT2D eigenvalue weighted by Crippen LogP contribution is -2.31. The van der Waals surface area contributed by atoms with Crippen LogP contribution in [0.3, 0.4) is 0 Å². The molecule has 2 N–H and O–H groups in total. The molecule has 3 rings (SSSR count). The quantitative estimate of drug-likeness (QED) is 0.848. The SMILES string of the molecule is CC1CCCC(c2ncc3c(n2)CC(C)(C)CC3N)C1. The van der Waals surface area contributed by atoms with Crippen molar-refractivity contribution in [2.45, 2.75) is 71.3 Å². The molecule has 3 nitrogen and oxygen atoms in total. The highest BCUT2D eigenvalue weighted by Crippen LogP contribution is 2.40. The third-order valence-electron chi connectivity index (χ3n) is 5.04. The van der Waals surface area contributed by atoms with E-state index in [2.05, 4.69) is 25.8 Å². The molecular weight excluding hydrogens is 246 g/mol. The number of rotatable bonds is 1. The summed E-state index contributed by atoms with van der Waals surface area (Å²) in [6, 6.07) is 0.105. The summed E-state index contributed by atoms with van der Waals surface area (Å²) in [6.45, 7) is 6.93. The lowest BCUT2D eigenvalue weighted by Gasteiger charge is -2.35. The molecule has 110 valence electrons. The Kier molecular flexibility index (Phi) is 3.57. The summed E-state index contributed by atoms with van der Waals surface area (Å²) in [4.78, 5) is 9.58. The summed E-state index contributed by atoms with van der Waals surface area (Å²) in [5, 5.41) is 0. The second kappa shape index (κ2) is 5.10. The molecular formula is C17H27N3. The van der Waals surface area contributed by atoms with Crippen molar-refractivity contribution in [1.29, 1.82) is 0 Å². The molecule has 3 heteroatoms. The van der Waals surface area contributed by atoms with Crippen molar-refractivity contribution in [3.8, 4) is 0 Å². The number of fused-ring (bicyclic) bond motifs is 1. The van der Waals surface area contributed by atoms with Gasteiger partial charge in [0.25, 0.3) is 0 Å². The van der Waals surface area contributed by atoms with Gasteiger partial charge in [-0.05, 0) is 37.0 Å². The summed E-state index contributed by atoms with van der Waals surface area (Å²) in [5.74, 6) is 2.44. The highest BCUT2D eigenvalue weighted by atomic mass is 14.9. The highest BCUT2D eigenvalue weighted by molar-refractivity contribution is 5.27. The van der Waals surface area contributed by atoms with Gasteiger partial charge in [-0.25, -0.2) is 9.97 Å². The Morgan fingerprint density at radius 2 is 2.10 bits per heavy atom. The first kappa shape index (κ1) is 14.0. The number of nitrogens with zero attached hydrogens (tertiary/aromatic N) is 2. The average Bonchev–Trinajstić information content (AvgIpc) is 2.36. The Hall–Kier alpha value is -0.960. The second-order valence-corrected chi connectivity index (χ2v) is 7.75. The lowest BCUT2D eigenvalue weighted by atomic mass is 9.74. The standard InChI is InChI=1S/C17H27N3/c1-11-5-4-6-12(7-11)16-19-10-13-14(18)8-17(2,3)9-15(13)20-16/h10-12,14H,4-9,18H2,1-3H3. The van der Waals surface area contributed by atoms with Crippen LogP contribution in [0.2, 0.25) is 0 Å². The van der Waals surface area contributed by atoms with E-state index in [1.54, 1.807) is 0 Å². The van der Waals surface area contributed by atoms with Crippen LogP contribution in [0.4, 0.5) is 0 Å². The summed E-state index contributed by atoms with van der Waals surface area (Å²) >= 11 is 0. The maximum atomic E-state index is 6.29. The van der Waals surface area contributed by atoms with Crippen molar-refractivity contribution in [3.05, 3.63) is 23.3 Å². The van der Waals surface area contributed by atoms with Gasteiger partial charge in [-0.3, -0.25) is 0 Å². The van der Waals surface area contributed by atoms with Gasteiger partial charge in [-0.15, -0.1) is 0 Å². The fourth-order valence-corrected chi connectivity index (χ4v) is 3.99. The smallest absolute Gasteiger partial charge is 0.131 e. The predicted molar refractivity (Wildman–Crippen MR) is 81.4 cm³/mol. The minimum atomic E-state index is 0.105. The zero-order valence-corrected chi connectivity index (χ0v) is 13.0. The number of nitrogens with two attached hydrogens (primary N) is 1. The van der Waals surface area contributed by atoms with Crippen LogP contribution in [0, 0.1) is 11.3 Å². The van der Waals surface area contributed by atoms with E-state index in [4.69, 9.17) is 10.7 Å². The van der Waals surface area contributed by atoms with E-state index in [0.717, 1.165) is 24.6 Å². The zero-order valence-electron chi connectivity index (χ0n) is 13.0. The molecule has 1 saturated carbocycles. The van der Waals surface area contributed by atoms with Crippen molar-refractivity contribution < 1.29 is 0 Å². The fraction of sp³-hybridized carbons (Fsp3) is 0.765. The molecule has 1 aromatic rings. The first-order valence-electron chi connectivity index (χ1n) is 8.06. The van der Waals surface area contributed by atoms with Gasteiger partial charge in [0.2, 0.25) is 0 Å². The Morgan fingerprint density at radius 1 is 1.30 bits per heavy atom. The largest absolute Gasteiger partial charge is 0.324 e. The minimum Gasteiger partial charge on any atom is -0.324 e. The van der Waals surface area contributed by atoms with Gasteiger partial charge in [-0.1, -0.05) is 33.6 Å². The third kappa shape index (κ3) is 2.73. The van der Waals surface area contributed by atoms with E-state index in [0.29, 0.717) is 5.92 Å². The molecule has 0 radical (unpaired) electrons. The third-order valence-corrected chi connectivity index (χ3v) is 5.04. The topological polar surface area (TPSA) is 51.8 Å². The second-order valence-electron chi connectivity index (χ2n) is 7.75. The van der Waals surface area contributed by atoms with Crippen molar-refractivity contribution in [2.75, 3.05) is 0 Å². The van der Waals surface area contributed by atoms with Gasteiger partial charge in [0, 0.05) is 29.4 Å². The van der Waals surface area contributed by atoms with E-state index < -0.39 is 0 Å². The van der Waals surface area contributed by atoms with Gasteiger partial charge in [0.05, 0.1) is 0 Å². The van der Waals surface area contributed by atoms with Gasteiger partial charge in [0.1, 0.15) is 5.82 Å². The average molecular weight is 273 g/mol.